The molecule has 0 spiro atoms. The van der Waals surface area contributed by atoms with Gasteiger partial charge in [-0.1, -0.05) is 6.07 Å². The summed E-state index contributed by atoms with van der Waals surface area (Å²) >= 11 is 0. The Balaban J connectivity index is 1.80. The first-order valence-corrected chi connectivity index (χ1v) is 7.53. The normalized spacial score (nSPS) is 13.2. The molecule has 0 radical (unpaired) electrons. The van der Waals surface area contributed by atoms with Crippen molar-refractivity contribution in [2.24, 2.45) is 0 Å². The molecule has 0 bridgehead atoms. The molecule has 0 N–H and O–H groups in total. The summed E-state index contributed by atoms with van der Waals surface area (Å²) in [5.74, 6) is -0.110. The number of fused-ring (bicyclic) bond motifs is 2. The number of aromatic nitrogens is 2. The smallest absolute Gasteiger partial charge is 0.422 e. The first-order chi connectivity index (χ1) is 12.4. The summed E-state index contributed by atoms with van der Waals surface area (Å²) < 4.78 is 53.6. The van der Waals surface area contributed by atoms with Crippen molar-refractivity contribution in [1.29, 1.82) is 0 Å². The maximum absolute atomic E-state index is 12.4. The summed E-state index contributed by atoms with van der Waals surface area (Å²) in [6.07, 6.45) is -3.09. The van der Waals surface area contributed by atoms with Gasteiger partial charge in [0.15, 0.2) is 23.8 Å². The van der Waals surface area contributed by atoms with E-state index in [-0.39, 0.29) is 18.2 Å². The third kappa shape index (κ3) is 2.92. The molecule has 0 atom stereocenters. The number of halogens is 3. The van der Waals surface area contributed by atoms with Gasteiger partial charge in [0.1, 0.15) is 11.3 Å². The molecule has 3 heterocycles. The van der Waals surface area contributed by atoms with Gasteiger partial charge in [-0.05, 0) is 30.3 Å². The zero-order valence-electron chi connectivity index (χ0n) is 13.1. The Morgan fingerprint density at radius 1 is 1.19 bits per heavy atom. The van der Waals surface area contributed by atoms with E-state index in [9.17, 15) is 18.0 Å². The zero-order valence-corrected chi connectivity index (χ0v) is 13.1. The van der Waals surface area contributed by atoms with Gasteiger partial charge in [0.2, 0.25) is 6.79 Å². The van der Waals surface area contributed by atoms with Crippen LogP contribution in [0.4, 0.5) is 13.2 Å². The lowest BCUT2D eigenvalue weighted by Gasteiger charge is -2.09. The number of ether oxygens (including phenoxy) is 3. The molecule has 1 aliphatic heterocycles. The highest BCUT2D eigenvalue weighted by Gasteiger charge is 2.32. The molecule has 1 aromatic carbocycles. The van der Waals surface area contributed by atoms with E-state index in [0.717, 1.165) is 0 Å². The SMILES string of the molecule is O=C(OCC(F)(F)F)c1c(-c2ccc3c(c2)OCO3)nc2ccccn12. The van der Waals surface area contributed by atoms with Gasteiger partial charge in [-0.25, -0.2) is 9.78 Å². The van der Waals surface area contributed by atoms with E-state index < -0.39 is 18.8 Å². The van der Waals surface area contributed by atoms with Crippen molar-refractivity contribution in [3.05, 3.63) is 48.3 Å². The predicted molar refractivity (Wildman–Crippen MR) is 83.1 cm³/mol. The lowest BCUT2D eigenvalue weighted by atomic mass is 10.1. The first kappa shape index (κ1) is 16.2. The van der Waals surface area contributed by atoms with Crippen LogP contribution in [0.1, 0.15) is 10.5 Å². The van der Waals surface area contributed by atoms with Crippen molar-refractivity contribution in [2.45, 2.75) is 6.18 Å². The molecule has 134 valence electrons. The van der Waals surface area contributed by atoms with Crippen LogP contribution in [0.25, 0.3) is 16.9 Å². The summed E-state index contributed by atoms with van der Waals surface area (Å²) in [6, 6.07) is 9.89. The van der Waals surface area contributed by atoms with Crippen LogP contribution in [0.5, 0.6) is 11.5 Å². The third-order valence-corrected chi connectivity index (χ3v) is 3.74. The molecule has 9 heteroatoms. The van der Waals surface area contributed by atoms with Crippen LogP contribution in [-0.4, -0.2) is 34.9 Å². The Hall–Kier alpha value is -3.23. The van der Waals surface area contributed by atoms with Gasteiger partial charge in [-0.15, -0.1) is 0 Å². The van der Waals surface area contributed by atoms with Crippen molar-refractivity contribution < 1.29 is 32.2 Å². The number of carbonyl (C=O) groups excluding carboxylic acids is 1. The minimum absolute atomic E-state index is 0.0738. The average Bonchev–Trinajstić information content (AvgIpc) is 3.22. The van der Waals surface area contributed by atoms with Crippen LogP contribution in [0.2, 0.25) is 0 Å². The molecular formula is C17H11F3N2O4. The number of alkyl halides is 3. The van der Waals surface area contributed by atoms with Crippen molar-refractivity contribution in [3.63, 3.8) is 0 Å². The number of benzene rings is 1. The van der Waals surface area contributed by atoms with Gasteiger partial charge in [-0.2, -0.15) is 13.2 Å². The Kier molecular flexibility index (Phi) is 3.71. The molecule has 0 fully saturated rings. The number of nitrogens with zero attached hydrogens (tertiary/aromatic N) is 2. The average molecular weight is 364 g/mol. The van der Waals surface area contributed by atoms with Gasteiger partial charge >= 0.3 is 12.1 Å². The van der Waals surface area contributed by atoms with Gasteiger partial charge < -0.3 is 14.2 Å². The van der Waals surface area contributed by atoms with E-state index in [0.29, 0.717) is 22.7 Å². The Morgan fingerprint density at radius 3 is 2.81 bits per heavy atom. The van der Waals surface area contributed by atoms with Crippen LogP contribution in [0.15, 0.2) is 42.6 Å². The maximum atomic E-state index is 12.4. The van der Waals surface area contributed by atoms with Gasteiger partial charge in [0, 0.05) is 11.8 Å². The highest BCUT2D eigenvalue weighted by molar-refractivity contribution is 5.96. The molecule has 26 heavy (non-hydrogen) atoms. The number of pyridine rings is 1. The number of esters is 1. The summed E-state index contributed by atoms with van der Waals surface area (Å²) in [5, 5.41) is 0. The fourth-order valence-electron chi connectivity index (χ4n) is 2.65. The largest absolute Gasteiger partial charge is 0.454 e. The second-order valence-electron chi connectivity index (χ2n) is 5.50. The van der Waals surface area contributed by atoms with Crippen LogP contribution < -0.4 is 9.47 Å². The van der Waals surface area contributed by atoms with Crippen LogP contribution in [0, 0.1) is 0 Å². The summed E-state index contributed by atoms with van der Waals surface area (Å²) in [5.41, 5.74) is 1.00. The fourth-order valence-corrected chi connectivity index (χ4v) is 2.65. The summed E-state index contributed by atoms with van der Waals surface area (Å²) in [7, 11) is 0. The lowest BCUT2D eigenvalue weighted by molar-refractivity contribution is -0.161. The maximum Gasteiger partial charge on any atom is 0.422 e. The molecule has 0 unspecified atom stereocenters. The second-order valence-corrected chi connectivity index (χ2v) is 5.50. The van der Waals surface area contributed by atoms with Crippen molar-refractivity contribution in [3.8, 4) is 22.8 Å². The highest BCUT2D eigenvalue weighted by Crippen LogP contribution is 2.37. The summed E-state index contributed by atoms with van der Waals surface area (Å²) in [4.78, 5) is 16.7. The molecule has 6 nitrogen and oxygen atoms in total. The Bertz CT molecular complexity index is 997. The quantitative estimate of drug-likeness (QED) is 0.666. The lowest BCUT2D eigenvalue weighted by Crippen LogP contribution is -2.21. The Morgan fingerprint density at radius 2 is 2.00 bits per heavy atom. The fraction of sp³-hybridized carbons (Fsp3) is 0.176. The van der Waals surface area contributed by atoms with Crippen molar-refractivity contribution in [1.82, 2.24) is 9.38 Å². The van der Waals surface area contributed by atoms with E-state index in [4.69, 9.17) is 9.47 Å². The number of hydrogen-bond acceptors (Lipinski definition) is 5. The molecule has 2 aromatic heterocycles. The van der Waals surface area contributed by atoms with E-state index in [1.165, 1.54) is 10.6 Å². The zero-order chi connectivity index (χ0) is 18.3. The van der Waals surface area contributed by atoms with Crippen LogP contribution >= 0.6 is 0 Å². The molecule has 0 saturated heterocycles. The minimum atomic E-state index is -4.62. The van der Waals surface area contributed by atoms with Crippen LogP contribution in [-0.2, 0) is 4.74 Å². The number of imidazole rings is 1. The van der Waals surface area contributed by atoms with Crippen molar-refractivity contribution in [2.75, 3.05) is 13.4 Å². The molecule has 3 aromatic rings. The molecule has 1 aliphatic rings. The molecule has 0 saturated carbocycles. The van der Waals surface area contributed by atoms with E-state index in [1.807, 2.05) is 0 Å². The molecular weight excluding hydrogens is 353 g/mol. The molecule has 0 amide bonds. The van der Waals surface area contributed by atoms with Crippen LogP contribution in [0.3, 0.4) is 0 Å². The number of hydrogen-bond donors (Lipinski definition) is 0. The monoisotopic (exact) mass is 364 g/mol. The highest BCUT2D eigenvalue weighted by atomic mass is 19.4. The molecule has 0 aliphatic carbocycles. The number of carbonyl (C=O) groups is 1. The van der Waals surface area contributed by atoms with Gasteiger partial charge in [-0.3, -0.25) is 4.40 Å². The van der Waals surface area contributed by atoms with Gasteiger partial charge in [0.25, 0.3) is 0 Å². The standard InChI is InChI=1S/C17H11F3N2O4/c18-17(19,20)8-24-16(23)15-14(21-13-3-1-2-6-22(13)15)10-4-5-11-12(7-10)26-9-25-11/h1-7H,8-9H2. The minimum Gasteiger partial charge on any atom is -0.454 e. The molecule has 4 rings (SSSR count). The Labute approximate surface area is 144 Å². The predicted octanol–water partition coefficient (Wildman–Crippen LogP) is 3.45. The number of rotatable bonds is 3. The third-order valence-electron chi connectivity index (χ3n) is 3.74. The summed E-state index contributed by atoms with van der Waals surface area (Å²) in [6.45, 7) is -1.60. The van der Waals surface area contributed by atoms with E-state index in [2.05, 4.69) is 9.72 Å². The topological polar surface area (TPSA) is 62.1 Å². The van der Waals surface area contributed by atoms with Crippen molar-refractivity contribution >= 4 is 11.6 Å². The van der Waals surface area contributed by atoms with E-state index >= 15 is 0 Å². The first-order valence-electron chi connectivity index (χ1n) is 7.53. The van der Waals surface area contributed by atoms with E-state index in [1.54, 1.807) is 36.4 Å². The second kappa shape index (κ2) is 5.94. The van der Waals surface area contributed by atoms with Gasteiger partial charge in [0.05, 0.1) is 0 Å².